The van der Waals surface area contributed by atoms with Crippen LogP contribution >= 0.6 is 11.3 Å². The number of benzene rings is 1. The molecule has 0 aliphatic rings. The lowest BCUT2D eigenvalue weighted by Gasteiger charge is -2.24. The predicted octanol–water partition coefficient (Wildman–Crippen LogP) is 3.43. The van der Waals surface area contributed by atoms with Gasteiger partial charge in [0.15, 0.2) is 4.96 Å². The minimum absolute atomic E-state index is 0.421. The fourth-order valence-electron chi connectivity index (χ4n) is 2.67. The van der Waals surface area contributed by atoms with Gasteiger partial charge in [0, 0.05) is 0 Å². The third-order valence-electron chi connectivity index (χ3n) is 3.81. The molecule has 0 saturated carbocycles. The van der Waals surface area contributed by atoms with Gasteiger partial charge in [0.1, 0.15) is 10.3 Å². The Morgan fingerprint density at radius 1 is 1.38 bits per heavy atom. The zero-order valence-electron chi connectivity index (χ0n) is 12.3. The number of hydrogen-bond acceptors (Lipinski definition) is 4. The molecule has 1 aromatic carbocycles. The molecule has 0 amide bonds. The van der Waals surface area contributed by atoms with E-state index in [4.69, 9.17) is 5.41 Å². The number of fused-ring (bicyclic) bond motifs is 3. The molecule has 0 saturated heterocycles. The number of para-hydroxylation sites is 2. The first-order chi connectivity index (χ1) is 10.0. The van der Waals surface area contributed by atoms with Crippen LogP contribution in [0.4, 0.5) is 0 Å². The molecule has 0 aliphatic heterocycles. The lowest BCUT2D eigenvalue weighted by Crippen LogP contribution is -2.25. The highest BCUT2D eigenvalue weighted by Crippen LogP contribution is 2.29. The Morgan fingerprint density at radius 2 is 2.14 bits per heavy atom. The summed E-state index contributed by atoms with van der Waals surface area (Å²) in [7, 11) is 0. The van der Waals surface area contributed by atoms with E-state index in [0.29, 0.717) is 11.1 Å². The van der Waals surface area contributed by atoms with Crippen molar-refractivity contribution in [2.24, 2.45) is 0 Å². The Kier molecular flexibility index (Phi) is 3.55. The number of rotatable bonds is 4. The van der Waals surface area contributed by atoms with Crippen LogP contribution in [0, 0.1) is 5.41 Å². The standard InChI is InChI=1S/C16H19N3OS/c1-3-4-9-16(2,20)13-10-14(17)21-15-18-11-7-5-6-8-12(11)19(13)15/h5-8,10,17,20H,3-4,9H2,1-2H3. The molecule has 3 rings (SSSR count). The van der Waals surface area contributed by atoms with Crippen LogP contribution in [0.1, 0.15) is 38.8 Å². The van der Waals surface area contributed by atoms with Gasteiger partial charge in [0.25, 0.3) is 0 Å². The van der Waals surface area contributed by atoms with Crippen molar-refractivity contribution in [3.05, 3.63) is 40.7 Å². The molecule has 4 nitrogen and oxygen atoms in total. The zero-order valence-corrected chi connectivity index (χ0v) is 13.1. The molecule has 0 aliphatic carbocycles. The molecule has 0 radical (unpaired) electrons. The van der Waals surface area contributed by atoms with E-state index in [1.807, 2.05) is 35.6 Å². The van der Waals surface area contributed by atoms with E-state index in [-0.39, 0.29) is 0 Å². The van der Waals surface area contributed by atoms with Crippen molar-refractivity contribution >= 4 is 27.3 Å². The number of unbranched alkanes of at least 4 members (excludes halogenated alkanes) is 1. The lowest BCUT2D eigenvalue weighted by molar-refractivity contribution is 0.0401. The van der Waals surface area contributed by atoms with Gasteiger partial charge in [-0.05, 0) is 31.5 Å². The minimum atomic E-state index is -0.957. The van der Waals surface area contributed by atoms with Crippen LogP contribution in [0.5, 0.6) is 0 Å². The number of hydrogen-bond donors (Lipinski definition) is 2. The normalized spacial score (nSPS) is 14.6. The molecule has 2 aromatic heterocycles. The summed E-state index contributed by atoms with van der Waals surface area (Å²) in [5.74, 6) is 0. The van der Waals surface area contributed by atoms with Gasteiger partial charge in [0.05, 0.1) is 16.7 Å². The van der Waals surface area contributed by atoms with Gasteiger partial charge >= 0.3 is 0 Å². The second kappa shape index (κ2) is 5.24. The van der Waals surface area contributed by atoms with E-state index in [2.05, 4.69) is 11.9 Å². The molecule has 0 bridgehead atoms. The van der Waals surface area contributed by atoms with E-state index in [0.717, 1.165) is 34.5 Å². The molecular weight excluding hydrogens is 282 g/mol. The van der Waals surface area contributed by atoms with Crippen LogP contribution in [0.15, 0.2) is 30.3 Å². The largest absolute Gasteiger partial charge is 0.384 e. The van der Waals surface area contributed by atoms with Gasteiger partial charge in [-0.2, -0.15) is 0 Å². The molecule has 2 heterocycles. The summed E-state index contributed by atoms with van der Waals surface area (Å²) in [6.07, 6.45) is 2.67. The molecule has 2 N–H and O–H groups in total. The van der Waals surface area contributed by atoms with Crippen molar-refractivity contribution in [1.82, 2.24) is 9.38 Å². The minimum Gasteiger partial charge on any atom is -0.384 e. The number of aliphatic hydroxyl groups is 1. The van der Waals surface area contributed by atoms with Crippen LogP contribution in [-0.2, 0) is 5.60 Å². The van der Waals surface area contributed by atoms with Crippen LogP contribution in [-0.4, -0.2) is 14.5 Å². The van der Waals surface area contributed by atoms with Crippen LogP contribution < -0.4 is 4.67 Å². The molecule has 1 unspecified atom stereocenters. The maximum atomic E-state index is 10.9. The van der Waals surface area contributed by atoms with E-state index in [1.54, 1.807) is 6.07 Å². The second-order valence-electron chi connectivity index (χ2n) is 5.59. The van der Waals surface area contributed by atoms with Crippen LogP contribution in [0.2, 0.25) is 0 Å². The summed E-state index contributed by atoms with van der Waals surface area (Å²) in [4.78, 5) is 5.34. The van der Waals surface area contributed by atoms with Gasteiger partial charge in [0.2, 0.25) is 0 Å². The third kappa shape index (κ3) is 2.47. The molecule has 1 atom stereocenters. The maximum Gasteiger partial charge on any atom is 0.196 e. The molecule has 21 heavy (non-hydrogen) atoms. The van der Waals surface area contributed by atoms with Crippen LogP contribution in [0.3, 0.4) is 0 Å². The zero-order chi connectivity index (χ0) is 15.0. The summed E-state index contributed by atoms with van der Waals surface area (Å²) in [6.45, 7) is 3.94. The van der Waals surface area contributed by atoms with Crippen LogP contribution in [0.25, 0.3) is 16.0 Å². The van der Waals surface area contributed by atoms with E-state index in [1.165, 1.54) is 11.3 Å². The quantitative estimate of drug-likeness (QED) is 0.775. The van der Waals surface area contributed by atoms with Crippen molar-refractivity contribution in [2.75, 3.05) is 0 Å². The number of nitrogens with zero attached hydrogens (tertiary/aromatic N) is 2. The third-order valence-corrected chi connectivity index (χ3v) is 4.60. The van der Waals surface area contributed by atoms with Gasteiger partial charge in [-0.15, -0.1) is 0 Å². The average molecular weight is 301 g/mol. The van der Waals surface area contributed by atoms with Gasteiger partial charge in [-0.3, -0.25) is 9.81 Å². The monoisotopic (exact) mass is 301 g/mol. The van der Waals surface area contributed by atoms with E-state index < -0.39 is 5.60 Å². The Bertz CT molecular complexity index is 847. The Morgan fingerprint density at radius 3 is 2.90 bits per heavy atom. The highest BCUT2D eigenvalue weighted by molar-refractivity contribution is 7.14. The topological polar surface area (TPSA) is 61.4 Å². The summed E-state index contributed by atoms with van der Waals surface area (Å²) in [5, 5.41) is 18.9. The SMILES string of the molecule is CCCCC(C)(O)c1cc(=N)sc2nc3ccccc3n12. The fraction of sp³-hybridized carbons (Fsp3) is 0.375. The lowest BCUT2D eigenvalue weighted by atomic mass is 9.95. The molecular formula is C16H19N3OS. The Balaban J connectivity index is 2.32. The molecule has 110 valence electrons. The first-order valence-corrected chi connectivity index (χ1v) is 8.03. The van der Waals surface area contributed by atoms with Crippen molar-refractivity contribution < 1.29 is 5.11 Å². The fourth-order valence-corrected chi connectivity index (χ4v) is 3.47. The molecule has 3 aromatic rings. The number of imidazole rings is 1. The van der Waals surface area contributed by atoms with E-state index >= 15 is 0 Å². The van der Waals surface area contributed by atoms with Gasteiger partial charge < -0.3 is 5.11 Å². The summed E-state index contributed by atoms with van der Waals surface area (Å²) in [6, 6.07) is 9.66. The van der Waals surface area contributed by atoms with Gasteiger partial charge in [-0.1, -0.05) is 43.2 Å². The number of aromatic nitrogens is 2. The maximum absolute atomic E-state index is 10.9. The van der Waals surface area contributed by atoms with Gasteiger partial charge in [-0.25, -0.2) is 4.98 Å². The summed E-state index contributed by atoms with van der Waals surface area (Å²) >= 11 is 1.33. The van der Waals surface area contributed by atoms with E-state index in [9.17, 15) is 5.11 Å². The highest BCUT2D eigenvalue weighted by Gasteiger charge is 2.26. The highest BCUT2D eigenvalue weighted by atomic mass is 32.1. The molecule has 0 fully saturated rings. The summed E-state index contributed by atoms with van der Waals surface area (Å²) in [5.41, 5.74) is 1.67. The average Bonchev–Trinajstić information content (AvgIpc) is 2.82. The summed E-state index contributed by atoms with van der Waals surface area (Å²) < 4.78 is 2.41. The molecule has 5 heteroatoms. The Hall–Kier alpha value is -1.72. The smallest absolute Gasteiger partial charge is 0.196 e. The number of nitrogens with one attached hydrogen (secondary N) is 1. The van der Waals surface area contributed by atoms with Crippen molar-refractivity contribution in [2.45, 2.75) is 38.7 Å². The second-order valence-corrected chi connectivity index (χ2v) is 6.60. The molecule has 0 spiro atoms. The van der Waals surface area contributed by atoms with Crippen molar-refractivity contribution in [1.29, 1.82) is 5.41 Å². The van der Waals surface area contributed by atoms with Crippen molar-refractivity contribution in [3.63, 3.8) is 0 Å². The predicted molar refractivity (Wildman–Crippen MR) is 85.5 cm³/mol. The Labute approximate surface area is 127 Å². The first-order valence-electron chi connectivity index (χ1n) is 7.22. The van der Waals surface area contributed by atoms with Crippen molar-refractivity contribution in [3.8, 4) is 0 Å². The first kappa shape index (κ1) is 14.2.